The molecule has 12 heavy (non-hydrogen) atoms. The molecule has 0 bridgehead atoms. The van der Waals surface area contributed by atoms with Crippen LogP contribution in [-0.2, 0) is 0 Å². The Morgan fingerprint density at radius 2 is 1.83 bits per heavy atom. The minimum Gasteiger partial charge on any atom is -0.325 e. The first-order valence-corrected chi connectivity index (χ1v) is 4.66. The zero-order valence-electron chi connectivity index (χ0n) is 7.15. The van der Waals surface area contributed by atoms with Crippen LogP contribution in [0, 0.1) is 5.92 Å². The van der Waals surface area contributed by atoms with E-state index in [1.54, 1.807) is 0 Å². The summed E-state index contributed by atoms with van der Waals surface area (Å²) in [5, 5.41) is 0. The van der Waals surface area contributed by atoms with Gasteiger partial charge >= 0.3 is 0 Å². The van der Waals surface area contributed by atoms with E-state index in [2.05, 4.69) is 0 Å². The predicted molar refractivity (Wildman–Crippen MR) is 43.1 cm³/mol. The first-order valence-electron chi connectivity index (χ1n) is 4.66. The average molecular weight is 175 g/mol. The molecular formula is C9H15F2N. The number of hydrogen-bond donors (Lipinski definition) is 1. The molecule has 2 N–H and O–H groups in total. The van der Waals surface area contributed by atoms with E-state index in [4.69, 9.17) is 5.73 Å². The lowest BCUT2D eigenvalue weighted by atomic mass is 9.77. The highest BCUT2D eigenvalue weighted by molar-refractivity contribution is 4.99. The van der Waals surface area contributed by atoms with Gasteiger partial charge in [0.25, 0.3) is 0 Å². The Hall–Kier alpha value is -0.180. The summed E-state index contributed by atoms with van der Waals surface area (Å²) in [6, 6.07) is 0. The molecule has 0 unspecified atom stereocenters. The summed E-state index contributed by atoms with van der Waals surface area (Å²) in [4.78, 5) is 0. The molecule has 0 heterocycles. The number of nitrogens with two attached hydrogens (primary N) is 1. The van der Waals surface area contributed by atoms with Crippen molar-refractivity contribution in [2.45, 2.75) is 50.0 Å². The molecule has 2 aliphatic rings. The topological polar surface area (TPSA) is 26.0 Å². The van der Waals surface area contributed by atoms with E-state index in [9.17, 15) is 8.78 Å². The van der Waals surface area contributed by atoms with Crippen molar-refractivity contribution in [2.75, 3.05) is 0 Å². The highest BCUT2D eigenvalue weighted by Gasteiger charge is 2.46. The Bertz CT molecular complexity index is 179. The van der Waals surface area contributed by atoms with Crippen LogP contribution in [-0.4, -0.2) is 11.5 Å². The van der Waals surface area contributed by atoms with Gasteiger partial charge in [-0.3, -0.25) is 0 Å². The van der Waals surface area contributed by atoms with Crippen molar-refractivity contribution in [1.82, 2.24) is 0 Å². The zero-order chi connectivity index (χ0) is 8.82. The van der Waals surface area contributed by atoms with Crippen LogP contribution in [0.15, 0.2) is 0 Å². The van der Waals surface area contributed by atoms with Crippen LogP contribution in [0.5, 0.6) is 0 Å². The van der Waals surface area contributed by atoms with Crippen LogP contribution >= 0.6 is 0 Å². The fourth-order valence-corrected chi connectivity index (χ4v) is 1.89. The molecular weight excluding hydrogens is 160 g/mol. The van der Waals surface area contributed by atoms with Gasteiger partial charge in [0.1, 0.15) is 0 Å². The van der Waals surface area contributed by atoms with Crippen LogP contribution < -0.4 is 5.73 Å². The Balaban J connectivity index is 1.64. The molecule has 2 rings (SSSR count). The van der Waals surface area contributed by atoms with Gasteiger partial charge in [0.2, 0.25) is 5.92 Å². The summed E-state index contributed by atoms with van der Waals surface area (Å²) in [5.74, 6) is -2.10. The minimum absolute atomic E-state index is 0.0465. The highest BCUT2D eigenvalue weighted by atomic mass is 19.3. The van der Waals surface area contributed by atoms with E-state index < -0.39 is 5.92 Å². The fourth-order valence-electron chi connectivity index (χ4n) is 1.89. The maximum atomic E-state index is 12.4. The third kappa shape index (κ3) is 1.76. The Morgan fingerprint density at radius 1 is 1.25 bits per heavy atom. The third-order valence-corrected chi connectivity index (χ3v) is 3.12. The second-order valence-electron chi connectivity index (χ2n) is 4.53. The van der Waals surface area contributed by atoms with Gasteiger partial charge in [-0.2, -0.15) is 0 Å². The maximum Gasteiger partial charge on any atom is 0.248 e. The number of hydrogen-bond acceptors (Lipinski definition) is 1. The van der Waals surface area contributed by atoms with Gasteiger partial charge < -0.3 is 5.73 Å². The quantitative estimate of drug-likeness (QED) is 0.699. The van der Waals surface area contributed by atoms with E-state index in [1.165, 1.54) is 0 Å². The Morgan fingerprint density at radius 3 is 2.25 bits per heavy atom. The minimum atomic E-state index is -2.35. The van der Waals surface area contributed by atoms with E-state index in [-0.39, 0.29) is 24.3 Å². The van der Waals surface area contributed by atoms with Gasteiger partial charge in [0, 0.05) is 18.4 Å². The first-order chi connectivity index (χ1) is 5.49. The molecule has 0 spiro atoms. The Labute approximate surface area is 71.3 Å². The smallest absolute Gasteiger partial charge is 0.248 e. The molecule has 0 aromatic heterocycles. The molecule has 0 atom stereocenters. The normalized spacial score (nSPS) is 31.2. The standard InChI is InChI=1S/C9H15F2N/c10-9(11)5-7(6-9)1-2-8(12)3-4-8/h7H,1-6,12H2. The number of rotatable bonds is 3. The summed E-state index contributed by atoms with van der Waals surface area (Å²) in [6.45, 7) is 0. The summed E-state index contributed by atoms with van der Waals surface area (Å²) in [6.07, 6.45) is 4.25. The molecule has 0 radical (unpaired) electrons. The molecule has 0 saturated heterocycles. The van der Waals surface area contributed by atoms with Crippen molar-refractivity contribution in [1.29, 1.82) is 0 Å². The Kier molecular flexibility index (Phi) is 1.69. The van der Waals surface area contributed by atoms with Crippen molar-refractivity contribution < 1.29 is 8.78 Å². The van der Waals surface area contributed by atoms with E-state index in [1.807, 2.05) is 0 Å². The molecule has 2 fully saturated rings. The molecule has 0 amide bonds. The van der Waals surface area contributed by atoms with Crippen LogP contribution in [0.1, 0.15) is 38.5 Å². The lowest BCUT2D eigenvalue weighted by Crippen LogP contribution is -2.36. The van der Waals surface area contributed by atoms with Crippen LogP contribution in [0.25, 0.3) is 0 Å². The third-order valence-electron chi connectivity index (χ3n) is 3.12. The van der Waals surface area contributed by atoms with Gasteiger partial charge in [-0.25, -0.2) is 8.78 Å². The average Bonchev–Trinajstić information content (AvgIpc) is 2.60. The summed E-state index contributed by atoms with van der Waals surface area (Å²) < 4.78 is 24.8. The number of halogens is 2. The molecule has 0 aromatic rings. The van der Waals surface area contributed by atoms with Crippen LogP contribution in [0.2, 0.25) is 0 Å². The monoisotopic (exact) mass is 175 g/mol. The zero-order valence-corrected chi connectivity index (χ0v) is 7.15. The fraction of sp³-hybridized carbons (Fsp3) is 1.00. The predicted octanol–water partition coefficient (Wildman–Crippen LogP) is 2.30. The molecule has 1 nitrogen and oxygen atoms in total. The first kappa shape index (κ1) is 8.42. The van der Waals surface area contributed by atoms with Crippen LogP contribution in [0.3, 0.4) is 0 Å². The van der Waals surface area contributed by atoms with Crippen molar-refractivity contribution in [2.24, 2.45) is 11.7 Å². The SMILES string of the molecule is NC1(CCC2CC(F)(F)C2)CC1. The maximum absolute atomic E-state index is 12.4. The molecule has 0 aliphatic heterocycles. The molecule has 70 valence electrons. The highest BCUT2D eigenvalue weighted by Crippen LogP contribution is 2.47. The summed E-state index contributed by atoms with van der Waals surface area (Å²) in [5.41, 5.74) is 5.90. The van der Waals surface area contributed by atoms with Crippen molar-refractivity contribution in [3.63, 3.8) is 0 Å². The van der Waals surface area contributed by atoms with E-state index in [0.717, 1.165) is 25.7 Å². The second-order valence-corrected chi connectivity index (χ2v) is 4.53. The largest absolute Gasteiger partial charge is 0.325 e. The van der Waals surface area contributed by atoms with Gasteiger partial charge in [0.15, 0.2) is 0 Å². The lowest BCUT2D eigenvalue weighted by molar-refractivity contribution is -0.112. The van der Waals surface area contributed by atoms with Crippen molar-refractivity contribution in [3.05, 3.63) is 0 Å². The van der Waals surface area contributed by atoms with Gasteiger partial charge in [-0.05, 0) is 31.6 Å². The van der Waals surface area contributed by atoms with E-state index >= 15 is 0 Å². The number of alkyl halides is 2. The molecule has 2 aliphatic carbocycles. The van der Waals surface area contributed by atoms with Gasteiger partial charge in [-0.1, -0.05) is 0 Å². The van der Waals surface area contributed by atoms with Gasteiger partial charge in [0.05, 0.1) is 0 Å². The van der Waals surface area contributed by atoms with Gasteiger partial charge in [-0.15, -0.1) is 0 Å². The van der Waals surface area contributed by atoms with E-state index in [0.29, 0.717) is 0 Å². The van der Waals surface area contributed by atoms with Crippen molar-refractivity contribution in [3.8, 4) is 0 Å². The second kappa shape index (κ2) is 2.41. The molecule has 0 aromatic carbocycles. The van der Waals surface area contributed by atoms with Crippen molar-refractivity contribution >= 4 is 0 Å². The van der Waals surface area contributed by atoms with Crippen LogP contribution in [0.4, 0.5) is 8.78 Å². The lowest BCUT2D eigenvalue weighted by Gasteiger charge is -2.35. The molecule has 3 heteroatoms. The summed E-state index contributed by atoms with van der Waals surface area (Å²) >= 11 is 0. The summed E-state index contributed by atoms with van der Waals surface area (Å²) in [7, 11) is 0. The molecule has 2 saturated carbocycles.